The van der Waals surface area contributed by atoms with Gasteiger partial charge < -0.3 is 6.15 Å². The summed E-state index contributed by atoms with van der Waals surface area (Å²) in [6, 6.07) is 0. The molecule has 88 valence electrons. The van der Waals surface area contributed by atoms with Crippen molar-refractivity contribution in [3.63, 3.8) is 0 Å². The number of hydrogen-bond donors (Lipinski definition) is 1. The lowest BCUT2D eigenvalue weighted by molar-refractivity contribution is 0.210. The van der Waals surface area contributed by atoms with Gasteiger partial charge in [-0.2, -0.15) is 8.42 Å². The lowest BCUT2D eigenvalue weighted by atomic mass is 10.4. The Bertz CT molecular complexity index is 187. The Morgan fingerprint density at radius 1 is 0.929 bits per heavy atom. The SMILES string of the molecule is CCCCOS(=O)(=O)OCCCC.N. The Hall–Kier alpha value is -0.170. The highest BCUT2D eigenvalue weighted by molar-refractivity contribution is 7.81. The Kier molecular flexibility index (Phi) is 10.9. The molecule has 5 nitrogen and oxygen atoms in total. The minimum Gasteiger partial charge on any atom is -0.344 e. The number of hydrogen-bond acceptors (Lipinski definition) is 5. The molecular weight excluding hydrogens is 206 g/mol. The van der Waals surface area contributed by atoms with Crippen molar-refractivity contribution in [2.45, 2.75) is 39.5 Å². The van der Waals surface area contributed by atoms with Gasteiger partial charge in [0, 0.05) is 0 Å². The lowest BCUT2D eigenvalue weighted by Gasteiger charge is -2.04. The van der Waals surface area contributed by atoms with E-state index in [-0.39, 0.29) is 19.4 Å². The van der Waals surface area contributed by atoms with Crippen molar-refractivity contribution in [3.05, 3.63) is 0 Å². The van der Waals surface area contributed by atoms with Gasteiger partial charge in [0.1, 0.15) is 0 Å². The van der Waals surface area contributed by atoms with E-state index in [0.717, 1.165) is 25.7 Å². The average molecular weight is 227 g/mol. The normalized spacial score (nSPS) is 11.0. The Labute approximate surface area is 86.7 Å². The van der Waals surface area contributed by atoms with Crippen LogP contribution in [0.4, 0.5) is 0 Å². The molecule has 0 aromatic heterocycles. The second kappa shape index (κ2) is 9.39. The third-order valence-electron chi connectivity index (χ3n) is 1.45. The molecule has 0 heterocycles. The molecule has 0 amide bonds. The fraction of sp³-hybridized carbons (Fsp3) is 1.00. The molecule has 6 heteroatoms. The van der Waals surface area contributed by atoms with Gasteiger partial charge in [-0.05, 0) is 12.8 Å². The van der Waals surface area contributed by atoms with E-state index in [2.05, 4.69) is 8.37 Å². The van der Waals surface area contributed by atoms with Crippen LogP contribution >= 0.6 is 0 Å². The topological polar surface area (TPSA) is 87.6 Å². The molecule has 0 aromatic carbocycles. The molecule has 0 aliphatic carbocycles. The van der Waals surface area contributed by atoms with Crippen LogP contribution in [0.1, 0.15) is 39.5 Å². The zero-order chi connectivity index (χ0) is 10.2. The summed E-state index contributed by atoms with van der Waals surface area (Å²) in [5, 5.41) is 0. The maximum absolute atomic E-state index is 10.9. The average Bonchev–Trinajstić information content (AvgIpc) is 2.05. The van der Waals surface area contributed by atoms with Crippen LogP contribution in [0.25, 0.3) is 0 Å². The zero-order valence-electron chi connectivity index (χ0n) is 8.99. The highest BCUT2D eigenvalue weighted by atomic mass is 32.3. The minimum atomic E-state index is -3.73. The van der Waals surface area contributed by atoms with E-state index in [1.165, 1.54) is 0 Å². The predicted molar refractivity (Wildman–Crippen MR) is 55.7 cm³/mol. The van der Waals surface area contributed by atoms with Crippen molar-refractivity contribution in [1.82, 2.24) is 6.15 Å². The van der Waals surface area contributed by atoms with Gasteiger partial charge in [0.05, 0.1) is 13.2 Å². The first-order valence-corrected chi connectivity index (χ1v) is 5.99. The van der Waals surface area contributed by atoms with Crippen LogP contribution < -0.4 is 6.15 Å². The standard InChI is InChI=1S/C8H18O4S.H3N/c1-3-5-7-11-13(9,10)12-8-6-4-2;/h3-8H2,1-2H3;1H3. The summed E-state index contributed by atoms with van der Waals surface area (Å²) < 4.78 is 31.0. The molecule has 0 atom stereocenters. The first-order valence-electron chi connectivity index (χ1n) is 4.66. The van der Waals surface area contributed by atoms with E-state index < -0.39 is 10.4 Å². The largest absolute Gasteiger partial charge is 0.399 e. The Morgan fingerprint density at radius 3 is 1.57 bits per heavy atom. The summed E-state index contributed by atoms with van der Waals surface area (Å²) >= 11 is 0. The molecule has 0 spiro atoms. The van der Waals surface area contributed by atoms with Crippen LogP contribution in [-0.2, 0) is 18.8 Å². The molecule has 0 fully saturated rings. The molecule has 0 aliphatic rings. The van der Waals surface area contributed by atoms with Crippen LogP contribution in [0.15, 0.2) is 0 Å². The molecule has 0 bridgehead atoms. The van der Waals surface area contributed by atoms with Gasteiger partial charge in [0.25, 0.3) is 0 Å². The van der Waals surface area contributed by atoms with Crippen LogP contribution in [0, 0.1) is 0 Å². The fourth-order valence-electron chi connectivity index (χ4n) is 0.645. The molecular formula is C8H21NO4S. The van der Waals surface area contributed by atoms with E-state index in [4.69, 9.17) is 0 Å². The first kappa shape index (κ1) is 16.3. The quantitative estimate of drug-likeness (QED) is 0.641. The van der Waals surface area contributed by atoms with E-state index in [1.54, 1.807) is 0 Å². The van der Waals surface area contributed by atoms with E-state index >= 15 is 0 Å². The number of unbranched alkanes of at least 4 members (excludes halogenated alkanes) is 2. The van der Waals surface area contributed by atoms with Gasteiger partial charge >= 0.3 is 10.4 Å². The molecule has 0 radical (unpaired) electrons. The van der Waals surface area contributed by atoms with Gasteiger partial charge in [-0.25, -0.2) is 8.37 Å². The third kappa shape index (κ3) is 9.91. The van der Waals surface area contributed by atoms with Crippen LogP contribution in [-0.4, -0.2) is 21.6 Å². The fourth-order valence-corrected chi connectivity index (χ4v) is 1.36. The Balaban J connectivity index is 0. The van der Waals surface area contributed by atoms with Crippen molar-refractivity contribution in [3.8, 4) is 0 Å². The van der Waals surface area contributed by atoms with Gasteiger partial charge in [0.2, 0.25) is 0 Å². The van der Waals surface area contributed by atoms with E-state index in [9.17, 15) is 8.42 Å². The molecule has 0 aliphatic heterocycles. The predicted octanol–water partition coefficient (Wildman–Crippen LogP) is 2.03. The van der Waals surface area contributed by atoms with Gasteiger partial charge in [-0.1, -0.05) is 26.7 Å². The van der Waals surface area contributed by atoms with Gasteiger partial charge in [0.15, 0.2) is 0 Å². The number of rotatable bonds is 8. The zero-order valence-corrected chi connectivity index (χ0v) is 9.81. The third-order valence-corrected chi connectivity index (χ3v) is 2.36. The van der Waals surface area contributed by atoms with Crippen molar-refractivity contribution in [1.29, 1.82) is 0 Å². The molecule has 0 saturated carbocycles. The summed E-state index contributed by atoms with van der Waals surface area (Å²) in [6.45, 7) is 4.36. The van der Waals surface area contributed by atoms with Crippen LogP contribution in [0.5, 0.6) is 0 Å². The van der Waals surface area contributed by atoms with Crippen molar-refractivity contribution < 1.29 is 16.8 Å². The molecule has 0 aromatic rings. The summed E-state index contributed by atoms with van der Waals surface area (Å²) in [7, 11) is -3.73. The van der Waals surface area contributed by atoms with Crippen molar-refractivity contribution in [2.24, 2.45) is 0 Å². The molecule has 3 N–H and O–H groups in total. The summed E-state index contributed by atoms with van der Waals surface area (Å²) in [5.41, 5.74) is 0. The maximum atomic E-state index is 10.9. The van der Waals surface area contributed by atoms with Crippen LogP contribution in [0.3, 0.4) is 0 Å². The maximum Gasteiger partial charge on any atom is 0.399 e. The summed E-state index contributed by atoms with van der Waals surface area (Å²) in [6.07, 6.45) is 3.28. The molecule has 0 rings (SSSR count). The second-order valence-corrected chi connectivity index (χ2v) is 4.05. The Morgan fingerprint density at radius 2 is 1.29 bits per heavy atom. The summed E-state index contributed by atoms with van der Waals surface area (Å²) in [5.74, 6) is 0. The molecule has 14 heavy (non-hydrogen) atoms. The first-order chi connectivity index (χ1) is 6.12. The van der Waals surface area contributed by atoms with Crippen molar-refractivity contribution in [2.75, 3.05) is 13.2 Å². The smallest absolute Gasteiger partial charge is 0.344 e. The van der Waals surface area contributed by atoms with Crippen molar-refractivity contribution >= 4 is 10.4 Å². The summed E-state index contributed by atoms with van der Waals surface area (Å²) in [4.78, 5) is 0. The highest BCUT2D eigenvalue weighted by Crippen LogP contribution is 2.00. The van der Waals surface area contributed by atoms with E-state index in [0.29, 0.717) is 0 Å². The minimum absolute atomic E-state index is 0. The molecule has 0 saturated heterocycles. The molecule has 0 unspecified atom stereocenters. The van der Waals surface area contributed by atoms with Gasteiger partial charge in [-0.15, -0.1) is 0 Å². The highest BCUT2D eigenvalue weighted by Gasteiger charge is 2.10. The van der Waals surface area contributed by atoms with E-state index in [1.807, 2.05) is 13.8 Å². The monoisotopic (exact) mass is 227 g/mol. The van der Waals surface area contributed by atoms with Gasteiger partial charge in [-0.3, -0.25) is 0 Å². The second-order valence-electron chi connectivity index (χ2n) is 2.76. The lowest BCUT2D eigenvalue weighted by Crippen LogP contribution is -2.11. The van der Waals surface area contributed by atoms with Crippen LogP contribution in [0.2, 0.25) is 0 Å².